The van der Waals surface area contributed by atoms with Gasteiger partial charge in [0.2, 0.25) is 0 Å². The molecule has 0 saturated heterocycles. The van der Waals surface area contributed by atoms with Gasteiger partial charge in [-0.05, 0) is 41.3 Å². The Labute approximate surface area is 184 Å². The van der Waals surface area contributed by atoms with E-state index in [2.05, 4.69) is 64.5 Å². The molecule has 31 heavy (non-hydrogen) atoms. The van der Waals surface area contributed by atoms with Crippen LogP contribution in [0.1, 0.15) is 11.1 Å². The maximum absolute atomic E-state index is 5.03. The molecule has 150 valence electrons. The van der Waals surface area contributed by atoms with E-state index in [-0.39, 0.29) is 0 Å². The van der Waals surface area contributed by atoms with E-state index in [1.807, 2.05) is 24.3 Å². The summed E-state index contributed by atoms with van der Waals surface area (Å²) in [5, 5.41) is 1.11. The topological polar surface area (TPSA) is 41.9 Å². The molecule has 0 amide bonds. The first-order valence-electron chi connectivity index (χ1n) is 10.5. The average molecular weight is 421 g/mol. The zero-order chi connectivity index (χ0) is 20.6. The lowest BCUT2D eigenvalue weighted by Gasteiger charge is -2.30. The van der Waals surface area contributed by atoms with Crippen LogP contribution in [0.3, 0.4) is 0 Å². The molecule has 5 aromatic rings. The standard InChI is InChI=1S/C26H20N4S/c1-2-9-19(10-3-1)23-16-21-25(30-15-13-18-8-4-5-11-20(18)17-30)28-24(29-26(21)31-23)22-12-6-7-14-27-22/h1-12,14,16H,13,15,17H2. The van der Waals surface area contributed by atoms with Crippen LogP contribution in [0.25, 0.3) is 32.2 Å². The SMILES string of the molecule is c1ccc(-c2cc3c(N4CCc5ccccc5C4)nc(-c4ccccn4)nc3s2)cc1. The second kappa shape index (κ2) is 7.60. The molecule has 0 spiro atoms. The second-order valence-corrected chi connectivity index (χ2v) is 8.75. The van der Waals surface area contributed by atoms with Crippen LogP contribution in [0.5, 0.6) is 0 Å². The fraction of sp³-hybridized carbons (Fsp3) is 0.115. The lowest BCUT2D eigenvalue weighted by atomic mass is 10.00. The second-order valence-electron chi connectivity index (χ2n) is 7.72. The van der Waals surface area contributed by atoms with E-state index in [0.717, 1.165) is 41.2 Å². The molecule has 0 unspecified atom stereocenters. The number of benzene rings is 2. The van der Waals surface area contributed by atoms with E-state index < -0.39 is 0 Å². The number of aromatic nitrogens is 3. The third-order valence-corrected chi connectivity index (χ3v) is 6.83. The highest BCUT2D eigenvalue weighted by Crippen LogP contribution is 2.38. The minimum absolute atomic E-state index is 0.684. The number of pyridine rings is 1. The summed E-state index contributed by atoms with van der Waals surface area (Å²) in [7, 11) is 0. The van der Waals surface area contributed by atoms with Crippen LogP contribution in [0.2, 0.25) is 0 Å². The van der Waals surface area contributed by atoms with Gasteiger partial charge in [0.1, 0.15) is 16.3 Å². The van der Waals surface area contributed by atoms with Gasteiger partial charge in [-0.1, -0.05) is 60.7 Å². The highest BCUT2D eigenvalue weighted by molar-refractivity contribution is 7.22. The Balaban J connectivity index is 1.52. The van der Waals surface area contributed by atoms with E-state index in [4.69, 9.17) is 9.97 Å². The van der Waals surface area contributed by atoms with Crippen LogP contribution in [0, 0.1) is 0 Å². The van der Waals surface area contributed by atoms with Crippen molar-refractivity contribution in [2.45, 2.75) is 13.0 Å². The lowest BCUT2D eigenvalue weighted by Crippen LogP contribution is -2.31. The van der Waals surface area contributed by atoms with Crippen LogP contribution in [0.15, 0.2) is 85.1 Å². The quantitative estimate of drug-likeness (QED) is 0.360. The molecule has 0 atom stereocenters. The molecule has 0 radical (unpaired) electrons. The average Bonchev–Trinajstić information content (AvgIpc) is 3.29. The zero-order valence-electron chi connectivity index (χ0n) is 16.9. The van der Waals surface area contributed by atoms with E-state index >= 15 is 0 Å². The predicted molar refractivity (Wildman–Crippen MR) is 127 cm³/mol. The Morgan fingerprint density at radius 1 is 0.806 bits per heavy atom. The molecule has 4 nitrogen and oxygen atoms in total. The minimum atomic E-state index is 0.684. The summed E-state index contributed by atoms with van der Waals surface area (Å²) in [5.74, 6) is 1.68. The van der Waals surface area contributed by atoms with Crippen molar-refractivity contribution in [3.63, 3.8) is 0 Å². The molecule has 0 saturated carbocycles. The number of rotatable bonds is 3. The first kappa shape index (κ1) is 18.2. The van der Waals surface area contributed by atoms with Crippen LogP contribution in [0.4, 0.5) is 5.82 Å². The molecule has 4 heterocycles. The number of hydrogen-bond donors (Lipinski definition) is 0. The van der Waals surface area contributed by atoms with Crippen molar-refractivity contribution < 1.29 is 0 Å². The van der Waals surface area contributed by atoms with Crippen LogP contribution in [-0.2, 0) is 13.0 Å². The molecule has 2 aromatic carbocycles. The van der Waals surface area contributed by atoms with Gasteiger partial charge in [-0.3, -0.25) is 4.98 Å². The van der Waals surface area contributed by atoms with E-state index in [9.17, 15) is 0 Å². The fourth-order valence-electron chi connectivity index (χ4n) is 4.18. The van der Waals surface area contributed by atoms with Gasteiger partial charge in [-0.15, -0.1) is 11.3 Å². The lowest BCUT2D eigenvalue weighted by molar-refractivity contribution is 0.723. The van der Waals surface area contributed by atoms with Crippen molar-refractivity contribution in [2.24, 2.45) is 0 Å². The van der Waals surface area contributed by atoms with Crippen molar-refractivity contribution in [2.75, 3.05) is 11.4 Å². The van der Waals surface area contributed by atoms with E-state index in [1.54, 1.807) is 17.5 Å². The summed E-state index contributed by atoms with van der Waals surface area (Å²) in [6.07, 6.45) is 2.82. The third kappa shape index (κ3) is 3.37. The molecule has 6 rings (SSSR count). The molecular weight excluding hydrogens is 400 g/mol. The fourth-order valence-corrected chi connectivity index (χ4v) is 5.21. The highest BCUT2D eigenvalue weighted by Gasteiger charge is 2.22. The van der Waals surface area contributed by atoms with Crippen molar-refractivity contribution in [1.29, 1.82) is 0 Å². The maximum Gasteiger partial charge on any atom is 0.181 e. The molecule has 1 aliphatic heterocycles. The summed E-state index contributed by atoms with van der Waals surface area (Å²) in [6.45, 7) is 1.81. The summed E-state index contributed by atoms with van der Waals surface area (Å²) in [5.41, 5.74) is 4.82. The van der Waals surface area contributed by atoms with Gasteiger partial charge in [0.25, 0.3) is 0 Å². The number of nitrogens with zero attached hydrogens (tertiary/aromatic N) is 4. The first-order valence-corrected chi connectivity index (χ1v) is 11.3. The molecule has 0 N–H and O–H groups in total. The summed E-state index contributed by atoms with van der Waals surface area (Å²) in [6, 6.07) is 27.3. The maximum atomic E-state index is 5.03. The van der Waals surface area contributed by atoms with Crippen molar-refractivity contribution in [3.05, 3.63) is 96.2 Å². The van der Waals surface area contributed by atoms with Gasteiger partial charge in [0.15, 0.2) is 5.82 Å². The predicted octanol–water partition coefficient (Wildman–Crippen LogP) is 5.98. The van der Waals surface area contributed by atoms with Gasteiger partial charge < -0.3 is 4.90 Å². The van der Waals surface area contributed by atoms with Crippen LogP contribution in [-0.4, -0.2) is 21.5 Å². The number of thiophene rings is 1. The smallest absolute Gasteiger partial charge is 0.181 e. The molecular formula is C26H20N4S. The Bertz CT molecular complexity index is 1360. The normalized spacial score (nSPS) is 13.4. The summed E-state index contributed by atoms with van der Waals surface area (Å²) < 4.78 is 0. The minimum Gasteiger partial charge on any atom is -0.351 e. The Hall–Kier alpha value is -3.57. The molecule has 0 aliphatic carbocycles. The van der Waals surface area contributed by atoms with Gasteiger partial charge in [-0.2, -0.15) is 0 Å². The molecule has 5 heteroatoms. The molecule has 1 aliphatic rings. The van der Waals surface area contributed by atoms with Crippen LogP contribution >= 0.6 is 11.3 Å². The molecule has 3 aromatic heterocycles. The molecule has 0 bridgehead atoms. The van der Waals surface area contributed by atoms with Crippen LogP contribution < -0.4 is 4.90 Å². The van der Waals surface area contributed by atoms with Gasteiger partial charge in [-0.25, -0.2) is 9.97 Å². The number of anilines is 1. The Kier molecular flexibility index (Phi) is 4.47. The summed E-state index contributed by atoms with van der Waals surface area (Å²) >= 11 is 1.72. The zero-order valence-corrected chi connectivity index (χ0v) is 17.7. The van der Waals surface area contributed by atoms with Gasteiger partial charge in [0.05, 0.1) is 5.39 Å². The largest absolute Gasteiger partial charge is 0.351 e. The van der Waals surface area contributed by atoms with E-state index in [1.165, 1.54) is 21.6 Å². The van der Waals surface area contributed by atoms with E-state index in [0.29, 0.717) is 5.82 Å². The highest BCUT2D eigenvalue weighted by atomic mass is 32.1. The first-order chi connectivity index (χ1) is 15.3. The van der Waals surface area contributed by atoms with Crippen molar-refractivity contribution in [3.8, 4) is 22.0 Å². The number of fused-ring (bicyclic) bond motifs is 2. The van der Waals surface area contributed by atoms with Gasteiger partial charge >= 0.3 is 0 Å². The third-order valence-electron chi connectivity index (χ3n) is 5.76. The van der Waals surface area contributed by atoms with Crippen molar-refractivity contribution >= 4 is 27.4 Å². The Morgan fingerprint density at radius 2 is 1.61 bits per heavy atom. The monoisotopic (exact) mass is 420 g/mol. The number of hydrogen-bond acceptors (Lipinski definition) is 5. The van der Waals surface area contributed by atoms with Gasteiger partial charge in [0, 0.05) is 24.2 Å². The molecule has 0 fully saturated rings. The van der Waals surface area contributed by atoms with Crippen molar-refractivity contribution in [1.82, 2.24) is 15.0 Å². The summed E-state index contributed by atoms with van der Waals surface area (Å²) in [4.78, 5) is 19.0. The Morgan fingerprint density at radius 3 is 2.45 bits per heavy atom.